The first-order valence-electron chi connectivity index (χ1n) is 15.8. The highest BCUT2D eigenvalue weighted by molar-refractivity contribution is 6.07. The van der Waals surface area contributed by atoms with E-state index in [4.69, 9.17) is 25.7 Å². The molecule has 0 aliphatic carbocycles. The zero-order chi connectivity index (χ0) is 35.8. The van der Waals surface area contributed by atoms with Gasteiger partial charge in [-0.15, -0.1) is 0 Å². The summed E-state index contributed by atoms with van der Waals surface area (Å²) in [4.78, 5) is 55.7. The average molecular weight is 676 g/mol. The van der Waals surface area contributed by atoms with Gasteiger partial charge in [0.2, 0.25) is 0 Å². The largest absolute Gasteiger partial charge is 0.497 e. The van der Waals surface area contributed by atoms with Gasteiger partial charge in [0.05, 0.1) is 37.4 Å². The lowest BCUT2D eigenvalue weighted by atomic mass is 9.82. The molecule has 0 spiro atoms. The molecule has 12 nitrogen and oxygen atoms in total. The summed E-state index contributed by atoms with van der Waals surface area (Å²) in [6.45, 7) is 3.50. The summed E-state index contributed by atoms with van der Waals surface area (Å²) in [6.07, 6.45) is 3.16. The molecule has 4 aromatic rings. The van der Waals surface area contributed by atoms with Crippen LogP contribution in [-0.2, 0) is 19.1 Å². The van der Waals surface area contributed by atoms with Gasteiger partial charge in [-0.1, -0.05) is 12.1 Å². The van der Waals surface area contributed by atoms with Gasteiger partial charge in [-0.3, -0.25) is 9.59 Å². The number of hydrogen-bond acceptors (Lipinski definition) is 10. The second-order valence-electron chi connectivity index (χ2n) is 11.2. The second-order valence-corrected chi connectivity index (χ2v) is 11.2. The molecule has 0 saturated heterocycles. The second kappa shape index (κ2) is 15.6. The molecule has 0 radical (unpaired) electrons. The highest BCUT2D eigenvalue weighted by Gasteiger charge is 2.36. The Kier molecular flexibility index (Phi) is 10.8. The van der Waals surface area contributed by atoms with Crippen molar-refractivity contribution in [2.75, 3.05) is 47.3 Å². The summed E-state index contributed by atoms with van der Waals surface area (Å²) in [7, 11) is 1.55. The van der Waals surface area contributed by atoms with Gasteiger partial charge in [0, 0.05) is 52.0 Å². The molecule has 2 amide bonds. The first-order valence-corrected chi connectivity index (χ1v) is 15.8. The van der Waals surface area contributed by atoms with Gasteiger partial charge in [0.1, 0.15) is 5.75 Å². The van der Waals surface area contributed by atoms with Crippen LogP contribution in [0.25, 0.3) is 0 Å². The number of methoxy groups -OCH3 is 1. The van der Waals surface area contributed by atoms with E-state index < -0.39 is 29.7 Å². The smallest absolute Gasteiger partial charge is 0.336 e. The van der Waals surface area contributed by atoms with Gasteiger partial charge < -0.3 is 41.2 Å². The lowest BCUT2D eigenvalue weighted by Crippen LogP contribution is -2.29. The van der Waals surface area contributed by atoms with Crippen LogP contribution < -0.4 is 31.7 Å². The number of amides is 2. The maximum atomic E-state index is 13.7. The molecule has 0 fully saturated rings. The van der Waals surface area contributed by atoms with Crippen LogP contribution in [0.4, 0.5) is 28.4 Å². The van der Waals surface area contributed by atoms with Crippen LogP contribution in [-0.4, -0.2) is 44.1 Å². The standard InChI is InChI=1S/C38H37N5O7/c1-4-49-37(46)32-21-43(30-12-14-31(48-3)15-13-30)22-33(38(47)50-5-2)34(32)25-18-28(41-35(44)23-8-6-10-26(39)16-23)20-29(19-25)42-36(45)24-9-7-11-27(40)17-24/h6-22,34H,4-5,39-40H2,1-3H3,(H,41,44)(H,42,45). The number of nitrogens with one attached hydrogen (secondary N) is 2. The lowest BCUT2D eigenvalue weighted by molar-refractivity contribution is -0.139. The number of nitrogens with two attached hydrogens (primary N) is 2. The Morgan fingerprint density at radius 1 is 0.680 bits per heavy atom. The maximum absolute atomic E-state index is 13.7. The van der Waals surface area contributed by atoms with Crippen LogP contribution in [0.5, 0.6) is 5.75 Å². The number of esters is 2. The minimum absolute atomic E-state index is 0.0711. The van der Waals surface area contributed by atoms with Crippen molar-refractivity contribution < 1.29 is 33.4 Å². The Balaban J connectivity index is 1.65. The van der Waals surface area contributed by atoms with E-state index in [1.807, 2.05) is 0 Å². The number of rotatable bonds is 11. The predicted octanol–water partition coefficient (Wildman–Crippen LogP) is 5.86. The molecule has 6 N–H and O–H groups in total. The quantitative estimate of drug-likeness (QED) is 0.111. The molecule has 0 unspecified atom stereocenters. The monoisotopic (exact) mass is 675 g/mol. The summed E-state index contributed by atoms with van der Waals surface area (Å²) in [6, 6.07) is 24.7. The molecule has 0 bridgehead atoms. The van der Waals surface area contributed by atoms with Crippen LogP contribution >= 0.6 is 0 Å². The van der Waals surface area contributed by atoms with E-state index in [9.17, 15) is 19.2 Å². The Morgan fingerprint density at radius 3 is 1.58 bits per heavy atom. The normalized spacial score (nSPS) is 12.7. The Morgan fingerprint density at radius 2 is 1.16 bits per heavy atom. The SMILES string of the molecule is CCOC(=O)C1=CN(c2ccc(OC)cc2)C=C(C(=O)OCC)C1c1cc(NC(=O)c2cccc(N)c2)cc(NC(=O)c2cccc(N)c2)c1. The number of nitrogens with zero attached hydrogens (tertiary/aromatic N) is 1. The van der Waals surface area contributed by atoms with Gasteiger partial charge in [0.15, 0.2) is 0 Å². The van der Waals surface area contributed by atoms with Gasteiger partial charge >= 0.3 is 11.9 Å². The van der Waals surface area contributed by atoms with Gasteiger partial charge in [-0.25, -0.2) is 9.59 Å². The van der Waals surface area contributed by atoms with Crippen LogP contribution in [0, 0.1) is 0 Å². The molecule has 0 saturated carbocycles. The van der Waals surface area contributed by atoms with E-state index in [-0.39, 0.29) is 35.7 Å². The lowest BCUT2D eigenvalue weighted by Gasteiger charge is -2.31. The molecule has 1 aliphatic heterocycles. The van der Waals surface area contributed by atoms with Crippen molar-refractivity contribution in [3.8, 4) is 5.75 Å². The number of carbonyl (C=O) groups excluding carboxylic acids is 4. The third-order valence-electron chi connectivity index (χ3n) is 7.67. The molecule has 5 rings (SSSR count). The summed E-state index contributed by atoms with van der Waals surface area (Å²) in [5.74, 6) is -2.71. The summed E-state index contributed by atoms with van der Waals surface area (Å²) in [5.41, 5.74) is 15.0. The van der Waals surface area contributed by atoms with Crippen LogP contribution in [0.2, 0.25) is 0 Å². The highest BCUT2D eigenvalue weighted by atomic mass is 16.5. The van der Waals surface area contributed by atoms with Crippen LogP contribution in [0.3, 0.4) is 0 Å². The van der Waals surface area contributed by atoms with Crippen molar-refractivity contribution in [1.82, 2.24) is 0 Å². The maximum Gasteiger partial charge on any atom is 0.336 e. The molecule has 50 heavy (non-hydrogen) atoms. The molecular formula is C38H37N5O7. The van der Waals surface area contributed by atoms with E-state index in [1.54, 1.807) is 117 Å². The summed E-state index contributed by atoms with van der Waals surface area (Å²) in [5, 5.41) is 5.70. The molecule has 0 aromatic heterocycles. The Labute approximate surface area is 289 Å². The predicted molar refractivity (Wildman–Crippen MR) is 192 cm³/mol. The van der Waals surface area contributed by atoms with Gasteiger partial charge in [-0.2, -0.15) is 0 Å². The van der Waals surface area contributed by atoms with Gasteiger partial charge in [0.25, 0.3) is 11.8 Å². The number of anilines is 5. The molecule has 12 heteroatoms. The number of hydrogen-bond donors (Lipinski definition) is 4. The number of carbonyl (C=O) groups is 4. The van der Waals surface area contributed by atoms with E-state index >= 15 is 0 Å². The van der Waals surface area contributed by atoms with E-state index in [0.29, 0.717) is 39.5 Å². The van der Waals surface area contributed by atoms with E-state index in [1.165, 1.54) is 12.1 Å². The molecule has 4 aromatic carbocycles. The van der Waals surface area contributed by atoms with Crippen molar-refractivity contribution >= 4 is 52.2 Å². The zero-order valence-corrected chi connectivity index (χ0v) is 27.8. The Hall–Kier alpha value is -6.56. The number of benzene rings is 4. The number of ether oxygens (including phenoxy) is 3. The third-order valence-corrected chi connectivity index (χ3v) is 7.67. The van der Waals surface area contributed by atoms with Gasteiger partial charge in [-0.05, 0) is 98.3 Å². The number of nitrogen functional groups attached to an aromatic ring is 2. The van der Waals surface area contributed by atoms with Crippen molar-refractivity contribution in [2.24, 2.45) is 0 Å². The molecule has 1 aliphatic rings. The third kappa shape index (κ3) is 8.11. The fraction of sp³-hybridized carbons (Fsp3) is 0.158. The van der Waals surface area contributed by atoms with Crippen LogP contribution in [0.15, 0.2) is 115 Å². The summed E-state index contributed by atoms with van der Waals surface area (Å²) >= 11 is 0. The topological polar surface area (TPSA) is 175 Å². The summed E-state index contributed by atoms with van der Waals surface area (Å²) < 4.78 is 16.2. The van der Waals surface area contributed by atoms with E-state index in [0.717, 1.165) is 0 Å². The zero-order valence-electron chi connectivity index (χ0n) is 27.8. The highest BCUT2D eigenvalue weighted by Crippen LogP contribution is 2.41. The fourth-order valence-corrected chi connectivity index (χ4v) is 5.42. The van der Waals surface area contributed by atoms with Crippen molar-refractivity contribution in [2.45, 2.75) is 19.8 Å². The molecule has 1 heterocycles. The fourth-order valence-electron chi connectivity index (χ4n) is 5.42. The minimum atomic E-state index is -1.03. The van der Waals surface area contributed by atoms with Crippen molar-refractivity contribution in [3.05, 3.63) is 131 Å². The Bertz CT molecular complexity index is 1870. The molecule has 0 atom stereocenters. The van der Waals surface area contributed by atoms with Crippen LogP contribution in [0.1, 0.15) is 46.0 Å². The molecule has 256 valence electrons. The minimum Gasteiger partial charge on any atom is -0.497 e. The first-order chi connectivity index (χ1) is 24.1. The van der Waals surface area contributed by atoms with E-state index in [2.05, 4.69) is 10.6 Å². The van der Waals surface area contributed by atoms with Crippen molar-refractivity contribution in [1.29, 1.82) is 0 Å². The average Bonchev–Trinajstić information content (AvgIpc) is 3.11. The first kappa shape index (κ1) is 34.8. The van der Waals surface area contributed by atoms with Crippen molar-refractivity contribution in [3.63, 3.8) is 0 Å². The molecular weight excluding hydrogens is 638 g/mol.